The number of rotatable bonds is 8. The van der Waals surface area contributed by atoms with Crippen LogP contribution in [0.4, 0.5) is 11.4 Å². The van der Waals surface area contributed by atoms with Crippen molar-refractivity contribution in [2.75, 3.05) is 56.7 Å². The summed E-state index contributed by atoms with van der Waals surface area (Å²) < 4.78 is 5.21. The third kappa shape index (κ3) is 5.49. The largest absolute Gasteiger partial charge is 0.497 e. The molecule has 5 heteroatoms. The summed E-state index contributed by atoms with van der Waals surface area (Å²) in [4.78, 5) is 19.4. The van der Waals surface area contributed by atoms with Crippen molar-refractivity contribution in [3.8, 4) is 5.75 Å². The molecule has 3 rings (SSSR count). The molecular formula is C23H31N3O2. The summed E-state index contributed by atoms with van der Waals surface area (Å²) in [6, 6.07) is 17.8. The average Bonchev–Trinajstić information content (AvgIpc) is 2.77. The Balaban J connectivity index is 1.65. The van der Waals surface area contributed by atoms with Gasteiger partial charge in [-0.1, -0.05) is 24.6 Å². The summed E-state index contributed by atoms with van der Waals surface area (Å²) in [7, 11) is 3.47. The molecule has 1 aliphatic heterocycles. The molecule has 1 fully saturated rings. The van der Waals surface area contributed by atoms with Gasteiger partial charge < -0.3 is 19.4 Å². The van der Waals surface area contributed by atoms with Gasteiger partial charge in [0.15, 0.2) is 0 Å². The van der Waals surface area contributed by atoms with Crippen LogP contribution in [0.25, 0.3) is 0 Å². The van der Waals surface area contributed by atoms with Gasteiger partial charge in [0.2, 0.25) is 5.91 Å². The van der Waals surface area contributed by atoms with Crippen molar-refractivity contribution >= 4 is 17.3 Å². The molecule has 0 atom stereocenters. The minimum atomic E-state index is 0.0765. The molecular weight excluding hydrogens is 350 g/mol. The normalized spacial score (nSPS) is 14.5. The van der Waals surface area contributed by atoms with Crippen LogP contribution < -0.4 is 14.5 Å². The maximum Gasteiger partial charge on any atom is 0.246 e. The van der Waals surface area contributed by atoms with Gasteiger partial charge in [0, 0.05) is 31.5 Å². The van der Waals surface area contributed by atoms with Crippen LogP contribution in [0.2, 0.25) is 0 Å². The summed E-state index contributed by atoms with van der Waals surface area (Å²) in [6.45, 7) is 4.55. The van der Waals surface area contributed by atoms with Gasteiger partial charge in [-0.3, -0.25) is 4.79 Å². The number of nitrogens with zero attached hydrogens (tertiary/aromatic N) is 3. The van der Waals surface area contributed by atoms with E-state index < -0.39 is 0 Å². The first-order valence-electron chi connectivity index (χ1n) is 10.1. The second-order valence-electron chi connectivity index (χ2n) is 7.31. The van der Waals surface area contributed by atoms with E-state index in [-0.39, 0.29) is 5.91 Å². The maximum atomic E-state index is 13.0. The van der Waals surface area contributed by atoms with E-state index in [9.17, 15) is 4.79 Å². The highest BCUT2D eigenvalue weighted by Gasteiger charge is 2.18. The number of hydrogen-bond acceptors (Lipinski definition) is 4. The van der Waals surface area contributed by atoms with E-state index >= 15 is 0 Å². The third-order valence-electron chi connectivity index (χ3n) is 5.42. The molecule has 0 saturated carbocycles. The molecule has 0 aliphatic carbocycles. The summed E-state index contributed by atoms with van der Waals surface area (Å²) in [5, 5.41) is 0. The maximum absolute atomic E-state index is 13.0. The van der Waals surface area contributed by atoms with E-state index in [1.54, 1.807) is 12.0 Å². The van der Waals surface area contributed by atoms with Crippen LogP contribution in [0.1, 0.15) is 19.3 Å². The number of ether oxygens (including phenoxy) is 1. The number of amides is 1. The number of hydrogen-bond donors (Lipinski definition) is 0. The molecule has 150 valence electrons. The molecule has 0 radical (unpaired) electrons. The highest BCUT2D eigenvalue weighted by atomic mass is 16.5. The predicted molar refractivity (Wildman–Crippen MR) is 115 cm³/mol. The summed E-state index contributed by atoms with van der Waals surface area (Å²) >= 11 is 0. The average molecular weight is 382 g/mol. The van der Waals surface area contributed by atoms with Gasteiger partial charge in [0.25, 0.3) is 0 Å². The Hall–Kier alpha value is -2.53. The van der Waals surface area contributed by atoms with Crippen LogP contribution in [-0.4, -0.2) is 57.7 Å². The fraction of sp³-hybridized carbons (Fsp3) is 0.435. The molecule has 0 aromatic heterocycles. The van der Waals surface area contributed by atoms with E-state index in [1.807, 2.05) is 49.5 Å². The summed E-state index contributed by atoms with van der Waals surface area (Å²) in [5.74, 6) is 0.865. The smallest absolute Gasteiger partial charge is 0.246 e. The van der Waals surface area contributed by atoms with Gasteiger partial charge in [0.05, 0.1) is 13.7 Å². The van der Waals surface area contributed by atoms with Crippen molar-refractivity contribution in [1.82, 2.24) is 4.90 Å². The molecule has 0 unspecified atom stereocenters. The molecule has 0 spiro atoms. The topological polar surface area (TPSA) is 36.0 Å². The molecule has 2 aromatic carbocycles. The van der Waals surface area contributed by atoms with E-state index in [0.29, 0.717) is 6.54 Å². The van der Waals surface area contributed by atoms with Crippen molar-refractivity contribution in [2.45, 2.75) is 19.3 Å². The molecule has 1 aliphatic rings. The first-order valence-corrected chi connectivity index (χ1v) is 10.1. The van der Waals surface area contributed by atoms with Gasteiger partial charge in [-0.25, -0.2) is 0 Å². The number of likely N-dealkylation sites (tertiary alicyclic amines) is 1. The number of anilines is 2. The number of carbonyl (C=O) groups excluding carboxylic acids is 1. The molecule has 28 heavy (non-hydrogen) atoms. The molecule has 0 bridgehead atoms. The Labute approximate surface area is 168 Å². The van der Waals surface area contributed by atoms with Crippen LogP contribution in [-0.2, 0) is 4.79 Å². The highest BCUT2D eigenvalue weighted by molar-refractivity contribution is 5.96. The number of benzene rings is 2. The number of methoxy groups -OCH3 is 1. The van der Waals surface area contributed by atoms with Gasteiger partial charge >= 0.3 is 0 Å². The second-order valence-corrected chi connectivity index (χ2v) is 7.31. The highest BCUT2D eigenvalue weighted by Crippen LogP contribution is 2.20. The molecule has 5 nitrogen and oxygen atoms in total. The minimum Gasteiger partial charge on any atom is -0.497 e. The Morgan fingerprint density at radius 3 is 2.29 bits per heavy atom. The number of para-hydroxylation sites is 1. The van der Waals surface area contributed by atoms with Gasteiger partial charge in [0.1, 0.15) is 5.75 Å². The van der Waals surface area contributed by atoms with E-state index in [0.717, 1.165) is 30.2 Å². The van der Waals surface area contributed by atoms with Crippen LogP contribution >= 0.6 is 0 Å². The van der Waals surface area contributed by atoms with Gasteiger partial charge in [-0.2, -0.15) is 0 Å². The molecule has 2 aromatic rings. The van der Waals surface area contributed by atoms with Crippen molar-refractivity contribution < 1.29 is 9.53 Å². The Kier molecular flexibility index (Phi) is 7.31. The van der Waals surface area contributed by atoms with E-state index in [1.165, 1.54) is 32.4 Å². The lowest BCUT2D eigenvalue weighted by molar-refractivity contribution is -0.117. The number of likely N-dealkylation sites (N-methyl/N-ethyl adjacent to an activating group) is 1. The zero-order valence-corrected chi connectivity index (χ0v) is 17.0. The van der Waals surface area contributed by atoms with Crippen molar-refractivity contribution in [3.05, 3.63) is 54.6 Å². The number of piperidine rings is 1. The lowest BCUT2D eigenvalue weighted by Gasteiger charge is -2.31. The standard InChI is InChI=1S/C23H31N3O2/c1-24(20-11-13-22(28-2)14-12-20)23(27)19-26(21-9-5-3-6-10-21)18-17-25-15-7-4-8-16-25/h3,5-6,9-14H,4,7-8,15-19H2,1-2H3. The Morgan fingerprint density at radius 2 is 1.64 bits per heavy atom. The zero-order valence-electron chi connectivity index (χ0n) is 17.0. The fourth-order valence-corrected chi connectivity index (χ4v) is 3.60. The van der Waals surface area contributed by atoms with Crippen molar-refractivity contribution in [2.24, 2.45) is 0 Å². The van der Waals surface area contributed by atoms with E-state index in [2.05, 4.69) is 21.9 Å². The quantitative estimate of drug-likeness (QED) is 0.699. The lowest BCUT2D eigenvalue weighted by atomic mass is 10.1. The van der Waals surface area contributed by atoms with E-state index in [4.69, 9.17) is 4.74 Å². The number of carbonyl (C=O) groups is 1. The minimum absolute atomic E-state index is 0.0765. The first kappa shape index (κ1) is 20.2. The van der Waals surface area contributed by atoms with Crippen LogP contribution in [0.15, 0.2) is 54.6 Å². The first-order chi connectivity index (χ1) is 13.7. The zero-order chi connectivity index (χ0) is 19.8. The Morgan fingerprint density at radius 1 is 0.964 bits per heavy atom. The molecule has 1 heterocycles. The van der Waals surface area contributed by atoms with Gasteiger partial charge in [-0.15, -0.1) is 0 Å². The van der Waals surface area contributed by atoms with Crippen LogP contribution in [0.3, 0.4) is 0 Å². The Bertz CT molecular complexity index is 727. The second kappa shape index (κ2) is 10.1. The predicted octanol–water partition coefficient (Wildman–Crippen LogP) is 3.65. The van der Waals surface area contributed by atoms with Crippen LogP contribution in [0.5, 0.6) is 5.75 Å². The summed E-state index contributed by atoms with van der Waals surface area (Å²) in [5.41, 5.74) is 1.96. The monoisotopic (exact) mass is 381 g/mol. The summed E-state index contributed by atoms with van der Waals surface area (Å²) in [6.07, 6.45) is 3.90. The molecule has 1 saturated heterocycles. The fourth-order valence-electron chi connectivity index (χ4n) is 3.60. The third-order valence-corrected chi connectivity index (χ3v) is 5.42. The lowest BCUT2D eigenvalue weighted by Crippen LogP contribution is -2.43. The molecule has 1 amide bonds. The van der Waals surface area contributed by atoms with Crippen molar-refractivity contribution in [3.63, 3.8) is 0 Å². The van der Waals surface area contributed by atoms with Crippen molar-refractivity contribution in [1.29, 1.82) is 0 Å². The molecule has 0 N–H and O–H groups in total. The SMILES string of the molecule is COc1ccc(N(C)C(=O)CN(CCN2CCCCC2)c2ccccc2)cc1. The van der Waals surface area contributed by atoms with Crippen LogP contribution in [0, 0.1) is 0 Å². The van der Waals surface area contributed by atoms with Gasteiger partial charge in [-0.05, 0) is 62.3 Å².